The number of aromatic nitrogens is 1. The zero-order valence-corrected chi connectivity index (χ0v) is 13.1. The summed E-state index contributed by atoms with van der Waals surface area (Å²) < 4.78 is 0. The van der Waals surface area contributed by atoms with Crippen LogP contribution in [0.3, 0.4) is 0 Å². The SMILES string of the molecule is CC(C)CC(Br)Cc1ccc([N+](=O)[O-])c2cnccc12. The van der Waals surface area contributed by atoms with Crippen LogP contribution in [0.2, 0.25) is 0 Å². The van der Waals surface area contributed by atoms with Crippen molar-refractivity contribution in [3.05, 3.63) is 46.3 Å². The summed E-state index contributed by atoms with van der Waals surface area (Å²) in [6.45, 7) is 4.37. The van der Waals surface area contributed by atoms with E-state index >= 15 is 0 Å². The van der Waals surface area contributed by atoms with E-state index in [1.54, 1.807) is 18.5 Å². The third-order valence-corrected chi connectivity index (χ3v) is 3.95. The molecule has 2 rings (SSSR count). The van der Waals surface area contributed by atoms with Crippen LogP contribution in [0.25, 0.3) is 10.8 Å². The predicted octanol–water partition coefficient (Wildman–Crippen LogP) is 4.50. The molecule has 5 heteroatoms. The number of hydrogen-bond acceptors (Lipinski definition) is 3. The third-order valence-electron chi connectivity index (χ3n) is 3.25. The van der Waals surface area contributed by atoms with Crippen molar-refractivity contribution in [1.82, 2.24) is 4.98 Å². The van der Waals surface area contributed by atoms with E-state index in [0.29, 0.717) is 16.1 Å². The molecule has 4 nitrogen and oxygen atoms in total. The molecular weight excluding hydrogens is 320 g/mol. The van der Waals surface area contributed by atoms with Crippen LogP contribution in [0.1, 0.15) is 25.8 Å². The van der Waals surface area contributed by atoms with Crippen LogP contribution in [-0.4, -0.2) is 14.7 Å². The molecule has 106 valence electrons. The lowest BCUT2D eigenvalue weighted by molar-refractivity contribution is -0.383. The molecule has 0 bridgehead atoms. The minimum absolute atomic E-state index is 0.117. The largest absolute Gasteiger partial charge is 0.278 e. The standard InChI is InChI=1S/C15H17BrN2O2/c1-10(2)7-12(16)8-11-3-4-15(18(19)20)14-9-17-6-5-13(11)14/h3-6,9-10,12H,7-8H2,1-2H3. The fourth-order valence-corrected chi connectivity index (χ4v) is 3.50. The van der Waals surface area contributed by atoms with Crippen molar-refractivity contribution in [2.24, 2.45) is 5.92 Å². The first-order valence-electron chi connectivity index (χ1n) is 6.63. The van der Waals surface area contributed by atoms with E-state index in [4.69, 9.17) is 0 Å². The van der Waals surface area contributed by atoms with Gasteiger partial charge in [-0.15, -0.1) is 0 Å². The molecule has 0 amide bonds. The fourth-order valence-electron chi connectivity index (χ4n) is 2.41. The molecule has 0 spiro atoms. The molecule has 0 saturated carbocycles. The number of fused-ring (bicyclic) bond motifs is 1. The Bertz CT molecular complexity index is 628. The maximum Gasteiger partial charge on any atom is 0.278 e. The number of alkyl halides is 1. The first-order valence-corrected chi connectivity index (χ1v) is 7.54. The highest BCUT2D eigenvalue weighted by Crippen LogP contribution is 2.29. The molecule has 1 aromatic heterocycles. The molecule has 20 heavy (non-hydrogen) atoms. The maximum atomic E-state index is 11.1. The Labute approximate surface area is 126 Å². The van der Waals surface area contributed by atoms with Crippen molar-refractivity contribution < 1.29 is 4.92 Å². The Morgan fingerprint density at radius 1 is 1.30 bits per heavy atom. The number of rotatable bonds is 5. The molecule has 1 aromatic carbocycles. The monoisotopic (exact) mass is 336 g/mol. The Balaban J connectivity index is 2.40. The van der Waals surface area contributed by atoms with Crippen LogP contribution in [0.15, 0.2) is 30.6 Å². The van der Waals surface area contributed by atoms with Crippen LogP contribution in [0.4, 0.5) is 5.69 Å². The first-order chi connectivity index (χ1) is 9.49. The lowest BCUT2D eigenvalue weighted by Gasteiger charge is -2.14. The third kappa shape index (κ3) is 3.33. The average Bonchev–Trinajstić information content (AvgIpc) is 2.37. The van der Waals surface area contributed by atoms with Crippen molar-refractivity contribution in [3.8, 4) is 0 Å². The van der Waals surface area contributed by atoms with Crippen molar-refractivity contribution >= 4 is 32.4 Å². The summed E-state index contributed by atoms with van der Waals surface area (Å²) >= 11 is 3.70. The summed E-state index contributed by atoms with van der Waals surface area (Å²) in [6.07, 6.45) is 5.18. The molecule has 1 heterocycles. The minimum atomic E-state index is -0.354. The molecule has 0 saturated heterocycles. The molecule has 0 radical (unpaired) electrons. The Hall–Kier alpha value is -1.49. The Morgan fingerprint density at radius 3 is 2.70 bits per heavy atom. The van der Waals surface area contributed by atoms with Gasteiger partial charge in [-0.05, 0) is 35.8 Å². The highest BCUT2D eigenvalue weighted by atomic mass is 79.9. The minimum Gasteiger partial charge on any atom is -0.264 e. The fraction of sp³-hybridized carbons (Fsp3) is 0.400. The van der Waals surface area contributed by atoms with Crippen LogP contribution < -0.4 is 0 Å². The second-order valence-corrected chi connectivity index (χ2v) is 6.65. The van der Waals surface area contributed by atoms with Gasteiger partial charge < -0.3 is 0 Å². The number of nitro groups is 1. The zero-order chi connectivity index (χ0) is 14.7. The number of benzene rings is 1. The van der Waals surface area contributed by atoms with Gasteiger partial charge >= 0.3 is 0 Å². The van der Waals surface area contributed by atoms with Crippen molar-refractivity contribution in [1.29, 1.82) is 0 Å². The van der Waals surface area contributed by atoms with E-state index in [-0.39, 0.29) is 10.6 Å². The van der Waals surface area contributed by atoms with Gasteiger partial charge in [-0.1, -0.05) is 35.8 Å². The van der Waals surface area contributed by atoms with Crippen molar-refractivity contribution in [2.75, 3.05) is 0 Å². The molecule has 0 aliphatic heterocycles. The lowest BCUT2D eigenvalue weighted by Crippen LogP contribution is -2.07. The maximum absolute atomic E-state index is 11.1. The van der Waals surface area contributed by atoms with Crippen LogP contribution >= 0.6 is 15.9 Å². The number of pyridine rings is 1. The first kappa shape index (κ1) is 14.9. The van der Waals surface area contributed by atoms with E-state index < -0.39 is 0 Å². The molecule has 0 aliphatic carbocycles. The topological polar surface area (TPSA) is 56.0 Å². The summed E-state index contributed by atoms with van der Waals surface area (Å²) in [6, 6.07) is 5.29. The van der Waals surface area contributed by atoms with Gasteiger partial charge in [0, 0.05) is 23.3 Å². The number of halogens is 1. The molecule has 0 fully saturated rings. The summed E-state index contributed by atoms with van der Waals surface area (Å²) in [4.78, 5) is 15.1. The Morgan fingerprint density at radius 2 is 2.05 bits per heavy atom. The van der Waals surface area contributed by atoms with Gasteiger partial charge in [0.2, 0.25) is 0 Å². The quantitative estimate of drug-likeness (QED) is 0.459. The summed E-state index contributed by atoms with van der Waals surface area (Å²) in [5, 5.41) is 12.6. The van der Waals surface area contributed by atoms with Gasteiger partial charge in [0.15, 0.2) is 0 Å². The normalized spacial score (nSPS) is 12.8. The molecule has 1 unspecified atom stereocenters. The van der Waals surface area contributed by atoms with Crippen LogP contribution in [-0.2, 0) is 6.42 Å². The van der Waals surface area contributed by atoms with Gasteiger partial charge in [0.05, 0.1) is 10.3 Å². The highest BCUT2D eigenvalue weighted by Gasteiger charge is 2.16. The van der Waals surface area contributed by atoms with E-state index in [0.717, 1.165) is 23.8 Å². The zero-order valence-electron chi connectivity index (χ0n) is 11.5. The number of nitro benzene ring substituents is 1. The summed E-state index contributed by atoms with van der Waals surface area (Å²) in [5.74, 6) is 0.616. The van der Waals surface area contributed by atoms with E-state index in [1.807, 2.05) is 12.1 Å². The van der Waals surface area contributed by atoms with E-state index in [2.05, 4.69) is 34.8 Å². The van der Waals surface area contributed by atoms with E-state index in [1.165, 1.54) is 0 Å². The van der Waals surface area contributed by atoms with Gasteiger partial charge in [-0.25, -0.2) is 0 Å². The van der Waals surface area contributed by atoms with Gasteiger partial charge in [-0.2, -0.15) is 0 Å². The second kappa shape index (κ2) is 6.31. The molecule has 1 atom stereocenters. The number of nitrogens with zero attached hydrogens (tertiary/aromatic N) is 2. The Kier molecular flexibility index (Phi) is 4.70. The predicted molar refractivity (Wildman–Crippen MR) is 84.3 cm³/mol. The van der Waals surface area contributed by atoms with Crippen LogP contribution in [0.5, 0.6) is 0 Å². The summed E-state index contributed by atoms with van der Waals surface area (Å²) in [7, 11) is 0. The summed E-state index contributed by atoms with van der Waals surface area (Å²) in [5.41, 5.74) is 1.24. The van der Waals surface area contributed by atoms with Gasteiger partial charge in [0.1, 0.15) is 0 Å². The molecule has 0 aliphatic rings. The number of non-ortho nitro benzene ring substituents is 1. The average molecular weight is 337 g/mol. The lowest BCUT2D eigenvalue weighted by atomic mass is 9.98. The van der Waals surface area contributed by atoms with Gasteiger partial charge in [0.25, 0.3) is 5.69 Å². The highest BCUT2D eigenvalue weighted by molar-refractivity contribution is 9.09. The van der Waals surface area contributed by atoms with Gasteiger partial charge in [-0.3, -0.25) is 15.1 Å². The molecule has 2 aromatic rings. The van der Waals surface area contributed by atoms with E-state index in [9.17, 15) is 10.1 Å². The smallest absolute Gasteiger partial charge is 0.264 e. The van der Waals surface area contributed by atoms with Crippen LogP contribution in [0, 0.1) is 16.0 Å². The van der Waals surface area contributed by atoms with Crippen molar-refractivity contribution in [2.45, 2.75) is 31.5 Å². The molecular formula is C15H17BrN2O2. The molecule has 0 N–H and O–H groups in total. The number of hydrogen-bond donors (Lipinski definition) is 0. The van der Waals surface area contributed by atoms with Crippen molar-refractivity contribution in [3.63, 3.8) is 0 Å². The second-order valence-electron chi connectivity index (χ2n) is 5.35.